The van der Waals surface area contributed by atoms with Gasteiger partial charge in [0.15, 0.2) is 0 Å². The summed E-state index contributed by atoms with van der Waals surface area (Å²) < 4.78 is 0. The number of phenols is 1. The molecule has 1 aromatic carbocycles. The summed E-state index contributed by atoms with van der Waals surface area (Å²) in [6.07, 6.45) is 2.68. The fourth-order valence-electron chi connectivity index (χ4n) is 2.10. The van der Waals surface area contributed by atoms with Gasteiger partial charge in [0.25, 0.3) is 5.91 Å². The smallest absolute Gasteiger partial charge is 0.289 e. The lowest BCUT2D eigenvalue weighted by molar-refractivity contribution is -0.116. The molecule has 7 heteroatoms. The first-order valence-electron chi connectivity index (χ1n) is 7.90. The fourth-order valence-corrected chi connectivity index (χ4v) is 2.10. The second kappa shape index (κ2) is 8.58. The van der Waals surface area contributed by atoms with E-state index >= 15 is 0 Å². The van der Waals surface area contributed by atoms with E-state index in [9.17, 15) is 14.7 Å². The van der Waals surface area contributed by atoms with Crippen LogP contribution in [0.5, 0.6) is 5.75 Å². The minimum absolute atomic E-state index is 0.00169. The van der Waals surface area contributed by atoms with E-state index < -0.39 is 5.91 Å². The number of aromatic nitrogens is 1. The van der Waals surface area contributed by atoms with Crippen molar-refractivity contribution >= 4 is 23.2 Å². The van der Waals surface area contributed by atoms with E-state index in [0.717, 1.165) is 6.42 Å². The second-order valence-electron chi connectivity index (χ2n) is 5.38. The SMILES string of the molecule is CCCC(=O)Nc1ccc(O)c(/C(C)=N/NC(=O)c2ccccn2)c1. The third-order valence-electron chi connectivity index (χ3n) is 3.37. The van der Waals surface area contributed by atoms with Crippen molar-refractivity contribution in [1.82, 2.24) is 10.4 Å². The minimum atomic E-state index is -0.452. The van der Waals surface area contributed by atoms with Crippen LogP contribution in [0.4, 0.5) is 5.69 Å². The van der Waals surface area contributed by atoms with E-state index in [-0.39, 0.29) is 17.4 Å². The lowest BCUT2D eigenvalue weighted by atomic mass is 10.1. The number of hydrogen-bond acceptors (Lipinski definition) is 5. The zero-order valence-electron chi connectivity index (χ0n) is 14.1. The highest BCUT2D eigenvalue weighted by Gasteiger charge is 2.10. The summed E-state index contributed by atoms with van der Waals surface area (Å²) in [5.74, 6) is -0.550. The molecule has 2 aromatic rings. The van der Waals surface area contributed by atoms with Crippen LogP contribution >= 0.6 is 0 Å². The Morgan fingerprint density at radius 2 is 2.04 bits per heavy atom. The molecule has 0 spiro atoms. The van der Waals surface area contributed by atoms with Gasteiger partial charge in [-0.05, 0) is 43.7 Å². The van der Waals surface area contributed by atoms with Crippen LogP contribution in [0.2, 0.25) is 0 Å². The Labute approximate surface area is 145 Å². The van der Waals surface area contributed by atoms with Crippen LogP contribution in [0.25, 0.3) is 0 Å². The maximum atomic E-state index is 11.9. The number of amides is 2. The van der Waals surface area contributed by atoms with Gasteiger partial charge in [-0.25, -0.2) is 5.43 Å². The molecule has 2 amide bonds. The first-order chi connectivity index (χ1) is 12.0. The summed E-state index contributed by atoms with van der Waals surface area (Å²) in [5.41, 5.74) is 3.99. The third-order valence-corrected chi connectivity index (χ3v) is 3.37. The molecule has 0 unspecified atom stereocenters. The van der Waals surface area contributed by atoms with Gasteiger partial charge in [-0.1, -0.05) is 13.0 Å². The molecule has 0 bridgehead atoms. The first-order valence-corrected chi connectivity index (χ1v) is 7.90. The van der Waals surface area contributed by atoms with Crippen molar-refractivity contribution in [2.24, 2.45) is 5.10 Å². The molecule has 0 aliphatic carbocycles. The average Bonchev–Trinajstić information content (AvgIpc) is 2.62. The zero-order valence-corrected chi connectivity index (χ0v) is 14.1. The second-order valence-corrected chi connectivity index (χ2v) is 5.38. The third kappa shape index (κ3) is 5.13. The van der Waals surface area contributed by atoms with Crippen LogP contribution in [0.3, 0.4) is 0 Å². The zero-order chi connectivity index (χ0) is 18.2. The summed E-state index contributed by atoms with van der Waals surface area (Å²) in [4.78, 5) is 27.6. The Morgan fingerprint density at radius 3 is 2.72 bits per heavy atom. The highest BCUT2D eigenvalue weighted by Crippen LogP contribution is 2.22. The molecule has 7 nitrogen and oxygen atoms in total. The van der Waals surface area contributed by atoms with Gasteiger partial charge in [0.05, 0.1) is 5.71 Å². The normalized spacial score (nSPS) is 11.0. The van der Waals surface area contributed by atoms with Crippen molar-refractivity contribution in [3.05, 3.63) is 53.9 Å². The molecule has 0 atom stereocenters. The van der Waals surface area contributed by atoms with Gasteiger partial charge in [0, 0.05) is 23.9 Å². The minimum Gasteiger partial charge on any atom is -0.507 e. The van der Waals surface area contributed by atoms with Crippen molar-refractivity contribution in [3.8, 4) is 5.75 Å². The molecule has 0 saturated carbocycles. The number of carbonyl (C=O) groups excluding carboxylic acids is 2. The van der Waals surface area contributed by atoms with Crippen LogP contribution < -0.4 is 10.7 Å². The predicted molar refractivity (Wildman–Crippen MR) is 95.6 cm³/mol. The highest BCUT2D eigenvalue weighted by atomic mass is 16.3. The molecule has 0 aliphatic heterocycles. The number of nitrogens with one attached hydrogen (secondary N) is 2. The summed E-state index contributed by atoms with van der Waals surface area (Å²) in [5, 5.41) is 16.8. The maximum absolute atomic E-state index is 11.9. The van der Waals surface area contributed by atoms with Gasteiger partial charge < -0.3 is 10.4 Å². The number of aromatic hydroxyl groups is 1. The maximum Gasteiger partial charge on any atom is 0.289 e. The van der Waals surface area contributed by atoms with Crippen molar-refractivity contribution < 1.29 is 14.7 Å². The van der Waals surface area contributed by atoms with Crippen LogP contribution in [0.15, 0.2) is 47.7 Å². The molecule has 2 rings (SSSR count). The van der Waals surface area contributed by atoms with Gasteiger partial charge >= 0.3 is 0 Å². The van der Waals surface area contributed by atoms with Crippen molar-refractivity contribution in [2.75, 3.05) is 5.32 Å². The van der Waals surface area contributed by atoms with Crippen LogP contribution in [-0.4, -0.2) is 27.6 Å². The lowest BCUT2D eigenvalue weighted by Crippen LogP contribution is -2.20. The van der Waals surface area contributed by atoms with Crippen molar-refractivity contribution in [2.45, 2.75) is 26.7 Å². The molecule has 1 heterocycles. The first kappa shape index (κ1) is 18.1. The van der Waals surface area contributed by atoms with Gasteiger partial charge in [0.1, 0.15) is 11.4 Å². The van der Waals surface area contributed by atoms with Crippen LogP contribution in [0, 0.1) is 0 Å². The molecular formula is C18H20N4O3. The Bertz CT molecular complexity index is 788. The lowest BCUT2D eigenvalue weighted by Gasteiger charge is -2.09. The van der Waals surface area contributed by atoms with Gasteiger partial charge in [-0.15, -0.1) is 0 Å². The van der Waals surface area contributed by atoms with E-state index in [0.29, 0.717) is 23.4 Å². The Hall–Kier alpha value is -3.22. The van der Waals surface area contributed by atoms with E-state index in [1.165, 1.54) is 12.3 Å². The van der Waals surface area contributed by atoms with Gasteiger partial charge in [-0.2, -0.15) is 5.10 Å². The molecule has 0 fully saturated rings. The van der Waals surface area contributed by atoms with E-state index in [4.69, 9.17) is 0 Å². The molecule has 0 aliphatic rings. The summed E-state index contributed by atoms with van der Waals surface area (Å²) in [6, 6.07) is 9.66. The molecule has 0 radical (unpaired) electrons. The number of phenolic OH excluding ortho intramolecular Hbond substituents is 1. The monoisotopic (exact) mass is 340 g/mol. The van der Waals surface area contributed by atoms with E-state index in [1.54, 1.807) is 37.3 Å². The van der Waals surface area contributed by atoms with Gasteiger partial charge in [-0.3, -0.25) is 14.6 Å². The molecule has 3 N–H and O–H groups in total. The van der Waals surface area contributed by atoms with E-state index in [1.807, 2.05) is 6.92 Å². The number of carbonyl (C=O) groups is 2. The predicted octanol–water partition coefficient (Wildman–Crippen LogP) is 2.68. The highest BCUT2D eigenvalue weighted by molar-refractivity contribution is 6.03. The number of anilines is 1. The van der Waals surface area contributed by atoms with Crippen molar-refractivity contribution in [1.29, 1.82) is 0 Å². The number of hydrogen-bond donors (Lipinski definition) is 3. The van der Waals surface area contributed by atoms with Crippen LogP contribution in [0.1, 0.15) is 42.7 Å². The molecule has 25 heavy (non-hydrogen) atoms. The number of pyridine rings is 1. The van der Waals surface area contributed by atoms with Crippen molar-refractivity contribution in [3.63, 3.8) is 0 Å². The number of nitrogens with zero attached hydrogens (tertiary/aromatic N) is 2. The Balaban J connectivity index is 2.13. The molecular weight excluding hydrogens is 320 g/mol. The Morgan fingerprint density at radius 1 is 1.24 bits per heavy atom. The number of benzene rings is 1. The topological polar surface area (TPSA) is 104 Å². The summed E-state index contributed by atoms with van der Waals surface area (Å²) in [6.45, 7) is 3.56. The Kier molecular flexibility index (Phi) is 6.22. The fraction of sp³-hybridized carbons (Fsp3) is 0.222. The standard InChI is InChI=1S/C18H20N4O3/c1-3-6-17(24)20-13-8-9-16(23)14(11-13)12(2)21-22-18(25)15-7-4-5-10-19-15/h4-5,7-11,23H,3,6H2,1-2H3,(H,20,24)(H,22,25)/b21-12+. The number of hydrazone groups is 1. The summed E-state index contributed by atoms with van der Waals surface area (Å²) >= 11 is 0. The number of rotatable bonds is 6. The van der Waals surface area contributed by atoms with E-state index in [2.05, 4.69) is 20.8 Å². The molecule has 1 aromatic heterocycles. The molecule has 130 valence electrons. The molecule has 0 saturated heterocycles. The quantitative estimate of drug-likeness (QED) is 0.427. The largest absolute Gasteiger partial charge is 0.507 e. The van der Waals surface area contributed by atoms with Crippen LogP contribution in [-0.2, 0) is 4.79 Å². The average molecular weight is 340 g/mol. The summed E-state index contributed by atoms with van der Waals surface area (Å²) in [7, 11) is 0. The van der Waals surface area contributed by atoms with Gasteiger partial charge in [0.2, 0.25) is 5.91 Å².